The topological polar surface area (TPSA) is 29.1 Å². The number of carbonyl (C=O) groups excluding carboxylic acids is 1. The Bertz CT molecular complexity index is 217. The van der Waals surface area contributed by atoms with Crippen LogP contribution in [0.2, 0.25) is 0 Å². The highest BCUT2D eigenvalue weighted by molar-refractivity contribution is 8.01. The first-order valence-electron chi connectivity index (χ1n) is 4.05. The predicted octanol–water partition coefficient (Wildman–Crippen LogP) is 1.92. The van der Waals surface area contributed by atoms with E-state index in [1.165, 1.54) is 0 Å². The van der Waals surface area contributed by atoms with Crippen LogP contribution in [0.5, 0.6) is 0 Å². The molecule has 1 heterocycles. The Balaban J connectivity index is 2.54. The SMILES string of the molecule is C=C1NC(=O)CC1SC(C)(C)C. The van der Waals surface area contributed by atoms with Crippen LogP contribution in [0.4, 0.5) is 0 Å². The lowest BCUT2D eigenvalue weighted by molar-refractivity contribution is -0.118. The van der Waals surface area contributed by atoms with E-state index in [1.807, 2.05) is 0 Å². The number of amides is 1. The van der Waals surface area contributed by atoms with Gasteiger partial charge in [-0.1, -0.05) is 27.4 Å². The van der Waals surface area contributed by atoms with Gasteiger partial charge in [-0.3, -0.25) is 4.79 Å². The number of thioether (sulfide) groups is 1. The smallest absolute Gasteiger partial charge is 0.225 e. The van der Waals surface area contributed by atoms with Gasteiger partial charge in [-0.05, 0) is 0 Å². The monoisotopic (exact) mass is 185 g/mol. The number of carbonyl (C=O) groups is 1. The zero-order valence-corrected chi connectivity index (χ0v) is 8.62. The molecule has 1 aliphatic rings. The van der Waals surface area contributed by atoms with Crippen LogP contribution in [-0.2, 0) is 4.79 Å². The highest BCUT2D eigenvalue weighted by Crippen LogP contribution is 2.34. The highest BCUT2D eigenvalue weighted by Gasteiger charge is 2.29. The molecule has 1 atom stereocenters. The molecule has 0 aromatic carbocycles. The Hall–Kier alpha value is -0.440. The van der Waals surface area contributed by atoms with E-state index in [1.54, 1.807) is 11.8 Å². The number of hydrogen-bond acceptors (Lipinski definition) is 2. The van der Waals surface area contributed by atoms with Gasteiger partial charge in [0.15, 0.2) is 0 Å². The van der Waals surface area contributed by atoms with E-state index < -0.39 is 0 Å². The molecule has 0 aromatic rings. The molecule has 0 spiro atoms. The van der Waals surface area contributed by atoms with E-state index in [2.05, 4.69) is 32.7 Å². The summed E-state index contributed by atoms with van der Waals surface area (Å²) >= 11 is 1.79. The second kappa shape index (κ2) is 3.13. The third-order valence-electron chi connectivity index (χ3n) is 1.56. The van der Waals surface area contributed by atoms with Crippen LogP contribution in [0.25, 0.3) is 0 Å². The maximum Gasteiger partial charge on any atom is 0.225 e. The molecule has 3 heteroatoms. The van der Waals surface area contributed by atoms with Gasteiger partial charge in [-0.2, -0.15) is 0 Å². The summed E-state index contributed by atoms with van der Waals surface area (Å²) in [6.07, 6.45) is 0.584. The number of nitrogens with one attached hydrogen (secondary N) is 1. The predicted molar refractivity (Wildman–Crippen MR) is 53.0 cm³/mol. The molecule has 0 aromatic heterocycles. The molecule has 0 bridgehead atoms. The zero-order valence-electron chi connectivity index (χ0n) is 7.81. The van der Waals surface area contributed by atoms with Crippen molar-refractivity contribution in [3.63, 3.8) is 0 Å². The lowest BCUT2D eigenvalue weighted by atomic mass is 10.3. The summed E-state index contributed by atoms with van der Waals surface area (Å²) in [7, 11) is 0. The van der Waals surface area contributed by atoms with E-state index in [-0.39, 0.29) is 15.9 Å². The third-order valence-corrected chi connectivity index (χ3v) is 3.00. The summed E-state index contributed by atoms with van der Waals surface area (Å²) in [4.78, 5) is 11.0. The van der Waals surface area contributed by atoms with Crippen molar-refractivity contribution in [3.05, 3.63) is 12.3 Å². The molecule has 1 saturated heterocycles. The summed E-state index contributed by atoms with van der Waals surface area (Å²) in [5.74, 6) is 0.0988. The highest BCUT2D eigenvalue weighted by atomic mass is 32.2. The van der Waals surface area contributed by atoms with Crippen molar-refractivity contribution in [1.82, 2.24) is 5.32 Å². The molecule has 2 nitrogen and oxygen atoms in total. The zero-order chi connectivity index (χ0) is 9.35. The molecule has 1 unspecified atom stereocenters. The second-order valence-electron chi connectivity index (χ2n) is 4.00. The van der Waals surface area contributed by atoms with Crippen LogP contribution in [0.1, 0.15) is 27.2 Å². The lowest BCUT2D eigenvalue weighted by Crippen LogP contribution is -2.16. The first-order valence-corrected chi connectivity index (χ1v) is 4.93. The number of hydrogen-bond donors (Lipinski definition) is 1. The fourth-order valence-electron chi connectivity index (χ4n) is 1.14. The van der Waals surface area contributed by atoms with Crippen LogP contribution < -0.4 is 5.32 Å². The van der Waals surface area contributed by atoms with E-state index in [9.17, 15) is 4.79 Å². The van der Waals surface area contributed by atoms with E-state index in [0.717, 1.165) is 5.70 Å². The van der Waals surface area contributed by atoms with E-state index in [4.69, 9.17) is 0 Å². The minimum absolute atomic E-state index is 0.0988. The summed E-state index contributed by atoms with van der Waals surface area (Å²) in [5, 5.41) is 3.00. The van der Waals surface area contributed by atoms with Crippen LogP contribution in [-0.4, -0.2) is 15.9 Å². The van der Waals surface area contributed by atoms with Gasteiger partial charge in [0.2, 0.25) is 5.91 Å². The van der Waals surface area contributed by atoms with Crippen LogP contribution in [0, 0.1) is 0 Å². The molecule has 1 rings (SSSR count). The molecular weight excluding hydrogens is 170 g/mol. The average molecular weight is 185 g/mol. The maximum atomic E-state index is 11.0. The summed E-state index contributed by atoms with van der Waals surface area (Å²) in [6.45, 7) is 10.3. The Morgan fingerprint density at radius 2 is 2.17 bits per heavy atom. The Kier molecular flexibility index (Phi) is 2.52. The molecule has 0 aliphatic carbocycles. The third kappa shape index (κ3) is 2.55. The quantitative estimate of drug-likeness (QED) is 0.676. The van der Waals surface area contributed by atoms with Crippen molar-refractivity contribution in [1.29, 1.82) is 0 Å². The standard InChI is InChI=1S/C9H15NOS/c1-6-7(5-8(11)10-6)12-9(2,3)4/h7H,1,5H2,2-4H3,(H,10,11). The van der Waals surface area contributed by atoms with Gasteiger partial charge in [-0.25, -0.2) is 0 Å². The molecule has 0 saturated carbocycles. The Labute approximate surface area is 77.8 Å². The average Bonchev–Trinajstić information content (AvgIpc) is 2.06. The number of rotatable bonds is 1. The van der Waals surface area contributed by atoms with Crippen molar-refractivity contribution in [2.75, 3.05) is 0 Å². The van der Waals surface area contributed by atoms with E-state index >= 15 is 0 Å². The molecule has 0 radical (unpaired) electrons. The first kappa shape index (κ1) is 9.65. The molecule has 1 amide bonds. The Morgan fingerprint density at radius 3 is 2.50 bits per heavy atom. The summed E-state index contributed by atoms with van der Waals surface area (Å²) in [6, 6.07) is 0. The lowest BCUT2D eigenvalue weighted by Gasteiger charge is -2.21. The normalized spacial score (nSPS) is 24.4. The first-order chi connectivity index (χ1) is 5.38. The van der Waals surface area contributed by atoms with Crippen molar-refractivity contribution in [3.8, 4) is 0 Å². The van der Waals surface area contributed by atoms with Crippen molar-refractivity contribution >= 4 is 17.7 Å². The van der Waals surface area contributed by atoms with Crippen LogP contribution in [0.3, 0.4) is 0 Å². The minimum atomic E-state index is 0.0988. The van der Waals surface area contributed by atoms with Gasteiger partial charge in [0.25, 0.3) is 0 Å². The largest absolute Gasteiger partial charge is 0.329 e. The van der Waals surface area contributed by atoms with Crippen molar-refractivity contribution in [2.45, 2.75) is 37.2 Å². The second-order valence-corrected chi connectivity index (χ2v) is 6.03. The molecule has 1 aliphatic heterocycles. The van der Waals surface area contributed by atoms with Gasteiger partial charge in [0.1, 0.15) is 0 Å². The van der Waals surface area contributed by atoms with Crippen LogP contribution in [0.15, 0.2) is 12.3 Å². The Morgan fingerprint density at radius 1 is 1.58 bits per heavy atom. The fourth-order valence-corrected chi connectivity index (χ4v) is 2.43. The van der Waals surface area contributed by atoms with Gasteiger partial charge in [0.05, 0.1) is 5.25 Å². The van der Waals surface area contributed by atoms with Gasteiger partial charge in [-0.15, -0.1) is 11.8 Å². The van der Waals surface area contributed by atoms with Gasteiger partial charge >= 0.3 is 0 Å². The van der Waals surface area contributed by atoms with Gasteiger partial charge in [0, 0.05) is 16.9 Å². The van der Waals surface area contributed by atoms with Crippen molar-refractivity contribution < 1.29 is 4.79 Å². The molecule has 1 N–H and O–H groups in total. The molecular formula is C9H15NOS. The summed E-state index contributed by atoms with van der Waals surface area (Å²) in [5.41, 5.74) is 0.861. The van der Waals surface area contributed by atoms with Crippen molar-refractivity contribution in [2.24, 2.45) is 0 Å². The minimum Gasteiger partial charge on any atom is -0.329 e. The molecule has 1 fully saturated rings. The van der Waals surface area contributed by atoms with E-state index in [0.29, 0.717) is 6.42 Å². The van der Waals surface area contributed by atoms with Gasteiger partial charge < -0.3 is 5.32 Å². The summed E-state index contributed by atoms with van der Waals surface area (Å²) < 4.78 is 0.194. The molecule has 12 heavy (non-hydrogen) atoms. The maximum absolute atomic E-state index is 11.0. The van der Waals surface area contributed by atoms with Crippen LogP contribution >= 0.6 is 11.8 Å². The fraction of sp³-hybridized carbons (Fsp3) is 0.667. The molecule has 68 valence electrons.